The number of aryl methyl sites for hydroxylation is 1. The van der Waals surface area contributed by atoms with Crippen LogP contribution in [0.25, 0.3) is 62.0 Å². The summed E-state index contributed by atoms with van der Waals surface area (Å²) in [7, 11) is 0. The van der Waals surface area contributed by atoms with Crippen molar-refractivity contribution in [3.63, 3.8) is 0 Å². The van der Waals surface area contributed by atoms with E-state index in [2.05, 4.69) is 159 Å². The maximum atomic E-state index is 5.12. The Morgan fingerprint density at radius 3 is 1.62 bits per heavy atom. The molecule has 0 bridgehead atoms. The molecular weight excluding hydrogens is 761 g/mol. The lowest BCUT2D eigenvalue weighted by atomic mass is 9.67. The minimum Gasteiger partial charge on any atom is -0.256 e. The second kappa shape index (κ2) is 15.0. The number of fused-ring (bicyclic) bond motifs is 9. The van der Waals surface area contributed by atoms with Crippen molar-refractivity contribution in [1.29, 1.82) is 0 Å². The van der Waals surface area contributed by atoms with Gasteiger partial charge in [-0.05, 0) is 86.8 Å². The van der Waals surface area contributed by atoms with Gasteiger partial charge >= 0.3 is 0 Å². The van der Waals surface area contributed by atoms with E-state index in [1.807, 2.05) is 66.5 Å². The lowest BCUT2D eigenvalue weighted by molar-refractivity contribution is 0.722. The van der Waals surface area contributed by atoms with Gasteiger partial charge in [0.05, 0.1) is 11.1 Å². The molecule has 288 valence electrons. The molecule has 1 aliphatic heterocycles. The Labute approximate surface area is 360 Å². The van der Waals surface area contributed by atoms with Gasteiger partial charge in [-0.15, -0.1) is 0 Å². The van der Waals surface area contributed by atoms with E-state index in [9.17, 15) is 0 Å². The van der Waals surface area contributed by atoms with Crippen molar-refractivity contribution in [3.8, 4) is 56.4 Å². The van der Waals surface area contributed by atoms with E-state index >= 15 is 0 Å². The summed E-state index contributed by atoms with van der Waals surface area (Å²) in [6, 6.07) is 64.9. The molecule has 0 saturated carbocycles. The molecule has 0 unspecified atom stereocenters. The van der Waals surface area contributed by atoms with Gasteiger partial charge < -0.3 is 0 Å². The Kier molecular flexibility index (Phi) is 8.98. The number of hydrogen-bond acceptors (Lipinski definition) is 5. The molecule has 0 saturated heterocycles. The second-order valence-electron chi connectivity index (χ2n) is 15.5. The van der Waals surface area contributed by atoms with Crippen LogP contribution in [0.1, 0.15) is 39.1 Å². The van der Waals surface area contributed by atoms with Crippen molar-refractivity contribution in [3.05, 3.63) is 246 Å². The van der Waals surface area contributed by atoms with Gasteiger partial charge in [0.1, 0.15) is 0 Å². The number of hydrogen-bond donors (Lipinski definition) is 0. The van der Waals surface area contributed by atoms with Crippen molar-refractivity contribution < 1.29 is 0 Å². The zero-order chi connectivity index (χ0) is 40.9. The average Bonchev–Trinajstić information content (AvgIpc) is 3.61. The summed E-state index contributed by atoms with van der Waals surface area (Å²) in [5.74, 6) is 1.93. The topological polar surface area (TPSA) is 51.6 Å². The Hall–Kier alpha value is -7.47. The molecule has 11 rings (SSSR count). The first-order valence-corrected chi connectivity index (χ1v) is 21.3. The summed E-state index contributed by atoms with van der Waals surface area (Å²) in [6.07, 6.45) is 5.76. The van der Waals surface area contributed by atoms with Crippen LogP contribution in [0, 0.1) is 6.92 Å². The standard InChI is InChI=1S/C56H38N4S/c1-3-16-43(52-36(2)17-15-32-57-52)41-23-14-22-39(33-41)40-28-30-48-50(34-40)61-51-35-42(29-31-49(51)56(48)46-26-12-10-24-44(46)45-25-11-13-27-47(45)56)55-59-53(37-18-6-4-7-19-37)58-54(60-55)38-20-8-5-9-21-38/h3-35H,1H2,2H3/b43-16-. The molecule has 0 N–H and O–H groups in total. The number of benzene rings is 7. The molecule has 4 nitrogen and oxygen atoms in total. The van der Waals surface area contributed by atoms with E-state index in [-0.39, 0.29) is 0 Å². The zero-order valence-electron chi connectivity index (χ0n) is 33.5. The summed E-state index contributed by atoms with van der Waals surface area (Å²) in [6.45, 7) is 6.14. The summed E-state index contributed by atoms with van der Waals surface area (Å²) in [5, 5.41) is 0. The maximum absolute atomic E-state index is 5.12. The Bertz CT molecular complexity index is 3100. The maximum Gasteiger partial charge on any atom is 0.164 e. The lowest BCUT2D eigenvalue weighted by Gasteiger charge is -2.40. The first-order chi connectivity index (χ1) is 30.1. The van der Waals surface area contributed by atoms with Gasteiger partial charge in [-0.2, -0.15) is 0 Å². The molecule has 0 fully saturated rings. The molecule has 3 heterocycles. The van der Waals surface area contributed by atoms with E-state index in [4.69, 9.17) is 19.9 Å². The van der Waals surface area contributed by atoms with Crippen LogP contribution in [-0.2, 0) is 5.41 Å². The molecule has 0 atom stereocenters. The van der Waals surface area contributed by atoms with Crippen molar-refractivity contribution in [2.45, 2.75) is 22.1 Å². The monoisotopic (exact) mass is 798 g/mol. The van der Waals surface area contributed by atoms with E-state index in [0.29, 0.717) is 17.5 Å². The smallest absolute Gasteiger partial charge is 0.164 e. The SMILES string of the molecule is C=C/C=C(/c1cccc(-c2ccc3c(c2)Sc2cc(-c4nc(-c5ccccc5)nc(-c5ccccc5)n4)ccc2C32c3ccccc3-c3ccccc32)c1)c1ncccc1C. The zero-order valence-corrected chi connectivity index (χ0v) is 34.3. The molecular formula is C56H38N4S. The van der Waals surface area contributed by atoms with E-state index in [0.717, 1.165) is 50.2 Å². The summed E-state index contributed by atoms with van der Waals surface area (Å²) >= 11 is 1.82. The summed E-state index contributed by atoms with van der Waals surface area (Å²) in [5.41, 5.74) is 16.5. The van der Waals surface area contributed by atoms with Crippen molar-refractivity contribution in [2.75, 3.05) is 0 Å². The predicted molar refractivity (Wildman–Crippen MR) is 249 cm³/mol. The third-order valence-corrected chi connectivity index (χ3v) is 13.1. The molecule has 5 heteroatoms. The highest BCUT2D eigenvalue weighted by molar-refractivity contribution is 7.99. The van der Waals surface area contributed by atoms with Crippen molar-refractivity contribution in [1.82, 2.24) is 19.9 Å². The van der Waals surface area contributed by atoms with Crippen LogP contribution in [0.3, 0.4) is 0 Å². The minimum absolute atomic E-state index is 0.526. The molecule has 1 aliphatic carbocycles. The predicted octanol–water partition coefficient (Wildman–Crippen LogP) is 13.7. The molecule has 9 aromatic rings. The van der Waals surface area contributed by atoms with Crippen molar-refractivity contribution >= 4 is 17.3 Å². The molecule has 0 amide bonds. The molecule has 7 aromatic carbocycles. The van der Waals surface area contributed by atoms with Gasteiger partial charge in [0.25, 0.3) is 0 Å². The lowest BCUT2D eigenvalue weighted by Crippen LogP contribution is -2.32. The van der Waals surface area contributed by atoms with Gasteiger partial charge in [0.2, 0.25) is 0 Å². The largest absolute Gasteiger partial charge is 0.256 e. The number of aromatic nitrogens is 4. The fourth-order valence-electron chi connectivity index (χ4n) is 9.23. The van der Waals surface area contributed by atoms with Gasteiger partial charge in [-0.1, -0.05) is 188 Å². The van der Waals surface area contributed by atoms with Gasteiger partial charge in [0, 0.05) is 38.3 Å². The average molecular weight is 799 g/mol. The van der Waals surface area contributed by atoms with Gasteiger partial charge in [-0.3, -0.25) is 4.98 Å². The first-order valence-electron chi connectivity index (χ1n) is 20.5. The molecule has 2 aliphatic rings. The molecule has 0 radical (unpaired) electrons. The number of pyridine rings is 1. The van der Waals surface area contributed by atoms with Gasteiger partial charge in [0.15, 0.2) is 17.5 Å². The first kappa shape index (κ1) is 36.6. The molecule has 2 aromatic heterocycles. The number of rotatable bonds is 7. The normalized spacial score (nSPS) is 13.2. The Balaban J connectivity index is 1.10. The van der Waals surface area contributed by atoms with Crippen LogP contribution < -0.4 is 0 Å². The van der Waals surface area contributed by atoms with Crippen LogP contribution >= 0.6 is 11.8 Å². The van der Waals surface area contributed by atoms with Gasteiger partial charge in [-0.25, -0.2) is 15.0 Å². The highest BCUT2D eigenvalue weighted by Gasteiger charge is 2.50. The van der Waals surface area contributed by atoms with Crippen LogP contribution in [0.2, 0.25) is 0 Å². The summed E-state index contributed by atoms with van der Waals surface area (Å²) in [4.78, 5) is 22.4. The Morgan fingerprint density at radius 1 is 0.492 bits per heavy atom. The fraction of sp³-hybridized carbons (Fsp3) is 0.0357. The van der Waals surface area contributed by atoms with Crippen LogP contribution in [0.15, 0.2) is 217 Å². The summed E-state index contributed by atoms with van der Waals surface area (Å²) < 4.78 is 0. The third-order valence-electron chi connectivity index (χ3n) is 12.0. The van der Waals surface area contributed by atoms with Crippen LogP contribution in [-0.4, -0.2) is 19.9 Å². The highest BCUT2D eigenvalue weighted by Crippen LogP contribution is 2.62. The minimum atomic E-state index is -0.526. The van der Waals surface area contributed by atoms with Crippen LogP contribution in [0.5, 0.6) is 0 Å². The highest BCUT2D eigenvalue weighted by atomic mass is 32.2. The molecule has 1 spiro atoms. The second-order valence-corrected chi connectivity index (χ2v) is 16.6. The fourth-order valence-corrected chi connectivity index (χ4v) is 10.5. The van der Waals surface area contributed by atoms with Crippen LogP contribution in [0.4, 0.5) is 0 Å². The number of nitrogens with zero attached hydrogens (tertiary/aromatic N) is 4. The third kappa shape index (κ3) is 6.08. The number of allylic oxidation sites excluding steroid dienone is 2. The molecule has 61 heavy (non-hydrogen) atoms. The van der Waals surface area contributed by atoms with E-state index in [1.54, 1.807) is 0 Å². The Morgan fingerprint density at radius 2 is 1.02 bits per heavy atom. The quantitative estimate of drug-likeness (QED) is 0.150. The van der Waals surface area contributed by atoms with E-state index in [1.165, 1.54) is 43.2 Å². The van der Waals surface area contributed by atoms with E-state index < -0.39 is 5.41 Å². The van der Waals surface area contributed by atoms with Crippen molar-refractivity contribution in [2.24, 2.45) is 0 Å².